The van der Waals surface area contributed by atoms with Gasteiger partial charge in [0.2, 0.25) is 0 Å². The first-order chi connectivity index (χ1) is 7.83. The average molecular weight is 220 g/mol. The molecule has 84 valence electrons. The third kappa shape index (κ3) is 1.69. The van der Waals surface area contributed by atoms with Crippen molar-refractivity contribution in [2.75, 3.05) is 13.1 Å². The molecule has 0 radical (unpaired) electrons. The largest absolute Gasteiger partial charge is 0.474 e. The van der Waals surface area contributed by atoms with Crippen molar-refractivity contribution >= 4 is 5.90 Å². The van der Waals surface area contributed by atoms with E-state index in [1.807, 2.05) is 6.07 Å². The molecule has 0 saturated carbocycles. The van der Waals surface area contributed by atoms with E-state index in [0.29, 0.717) is 17.9 Å². The number of hydrogen-bond donors (Lipinski definition) is 1. The summed E-state index contributed by atoms with van der Waals surface area (Å²) in [6.07, 6.45) is 0.612. The number of ether oxygens (including phenoxy) is 1. The van der Waals surface area contributed by atoms with Gasteiger partial charge in [0, 0.05) is 13.1 Å². The van der Waals surface area contributed by atoms with Crippen molar-refractivity contribution in [3.05, 3.63) is 35.6 Å². The number of nitrogens with one attached hydrogen (secondary N) is 1. The number of halogens is 1. The van der Waals surface area contributed by atoms with Crippen molar-refractivity contribution in [3.63, 3.8) is 0 Å². The molecular weight excluding hydrogens is 207 g/mol. The second kappa shape index (κ2) is 3.87. The predicted molar refractivity (Wildman–Crippen MR) is 59.1 cm³/mol. The molecular formula is C12H13FN2O. The Balaban J connectivity index is 1.75. The van der Waals surface area contributed by atoms with Gasteiger partial charge in [0.1, 0.15) is 18.0 Å². The summed E-state index contributed by atoms with van der Waals surface area (Å²) in [4.78, 5) is 4.45. The van der Waals surface area contributed by atoms with Gasteiger partial charge in [-0.25, -0.2) is 9.38 Å². The maximum absolute atomic E-state index is 13.4. The van der Waals surface area contributed by atoms with E-state index >= 15 is 0 Å². The molecule has 0 spiro atoms. The van der Waals surface area contributed by atoms with Gasteiger partial charge in [0.15, 0.2) is 5.90 Å². The first-order valence-corrected chi connectivity index (χ1v) is 5.50. The van der Waals surface area contributed by atoms with Crippen LogP contribution >= 0.6 is 0 Å². The third-order valence-electron chi connectivity index (χ3n) is 3.02. The molecule has 16 heavy (non-hydrogen) atoms. The number of fused-ring (bicyclic) bond motifs is 1. The van der Waals surface area contributed by atoms with Crippen molar-refractivity contribution in [1.82, 2.24) is 5.32 Å². The van der Waals surface area contributed by atoms with Crippen LogP contribution in [-0.4, -0.2) is 31.1 Å². The van der Waals surface area contributed by atoms with E-state index in [-0.39, 0.29) is 18.0 Å². The van der Waals surface area contributed by atoms with Crippen molar-refractivity contribution in [2.24, 2.45) is 4.99 Å². The predicted octanol–water partition coefficient (Wildman–Crippen LogP) is 1.14. The van der Waals surface area contributed by atoms with E-state index < -0.39 is 0 Å². The lowest BCUT2D eigenvalue weighted by Crippen LogP contribution is -2.20. The molecule has 2 aliphatic heterocycles. The molecule has 0 bridgehead atoms. The van der Waals surface area contributed by atoms with E-state index in [1.54, 1.807) is 12.1 Å². The molecule has 1 N–H and O–H groups in total. The van der Waals surface area contributed by atoms with Crippen LogP contribution in [0.4, 0.5) is 4.39 Å². The van der Waals surface area contributed by atoms with Crippen LogP contribution in [0.1, 0.15) is 5.56 Å². The quantitative estimate of drug-likeness (QED) is 0.810. The second-order valence-corrected chi connectivity index (χ2v) is 4.17. The van der Waals surface area contributed by atoms with Crippen molar-refractivity contribution in [2.45, 2.75) is 18.6 Å². The molecule has 1 fully saturated rings. The monoisotopic (exact) mass is 220 g/mol. The summed E-state index contributed by atoms with van der Waals surface area (Å²) in [6, 6.07) is 6.98. The van der Waals surface area contributed by atoms with Gasteiger partial charge in [0.05, 0.1) is 6.42 Å². The highest BCUT2D eigenvalue weighted by Crippen LogP contribution is 2.19. The Bertz CT molecular complexity index is 433. The SMILES string of the molecule is Fc1ccccc1CC1=NC2CNCC2O1. The minimum atomic E-state index is -0.191. The number of benzene rings is 1. The Morgan fingerprint density at radius 1 is 1.38 bits per heavy atom. The maximum Gasteiger partial charge on any atom is 0.188 e. The fourth-order valence-corrected chi connectivity index (χ4v) is 2.17. The molecule has 2 atom stereocenters. The zero-order chi connectivity index (χ0) is 11.0. The summed E-state index contributed by atoms with van der Waals surface area (Å²) in [6.45, 7) is 1.71. The maximum atomic E-state index is 13.4. The summed E-state index contributed by atoms with van der Waals surface area (Å²) in [5, 5.41) is 3.21. The molecule has 1 saturated heterocycles. The lowest BCUT2D eigenvalue weighted by atomic mass is 10.1. The molecule has 1 aromatic carbocycles. The van der Waals surface area contributed by atoms with Crippen LogP contribution < -0.4 is 5.32 Å². The van der Waals surface area contributed by atoms with Gasteiger partial charge in [-0.05, 0) is 11.6 Å². The standard InChI is InChI=1S/C12H13FN2O/c13-9-4-2-1-3-8(9)5-12-15-10-6-14-7-11(10)16-12/h1-4,10-11,14H,5-7H2. The normalized spacial score (nSPS) is 27.4. The number of nitrogens with zero attached hydrogens (tertiary/aromatic N) is 1. The summed E-state index contributed by atoms with van der Waals surface area (Å²) in [5.41, 5.74) is 0.647. The van der Waals surface area contributed by atoms with Gasteiger partial charge in [-0.2, -0.15) is 0 Å². The van der Waals surface area contributed by atoms with Crippen LogP contribution in [0.25, 0.3) is 0 Å². The molecule has 3 rings (SSSR count). The fraction of sp³-hybridized carbons (Fsp3) is 0.417. The van der Waals surface area contributed by atoms with Gasteiger partial charge >= 0.3 is 0 Å². The Kier molecular flexibility index (Phi) is 2.36. The number of hydrogen-bond acceptors (Lipinski definition) is 3. The highest BCUT2D eigenvalue weighted by molar-refractivity contribution is 5.80. The van der Waals surface area contributed by atoms with E-state index in [1.165, 1.54) is 6.07 Å². The van der Waals surface area contributed by atoms with Crippen LogP contribution in [0.2, 0.25) is 0 Å². The van der Waals surface area contributed by atoms with Crippen LogP contribution in [0.5, 0.6) is 0 Å². The van der Waals surface area contributed by atoms with Crippen molar-refractivity contribution in [3.8, 4) is 0 Å². The van der Waals surface area contributed by atoms with Gasteiger partial charge in [-0.15, -0.1) is 0 Å². The molecule has 3 nitrogen and oxygen atoms in total. The Labute approximate surface area is 93.3 Å². The van der Waals surface area contributed by atoms with Gasteiger partial charge < -0.3 is 10.1 Å². The van der Waals surface area contributed by atoms with Crippen molar-refractivity contribution in [1.29, 1.82) is 0 Å². The topological polar surface area (TPSA) is 33.6 Å². The Hall–Kier alpha value is -1.42. The highest BCUT2D eigenvalue weighted by atomic mass is 19.1. The van der Waals surface area contributed by atoms with E-state index in [4.69, 9.17) is 4.74 Å². The van der Waals surface area contributed by atoms with Gasteiger partial charge in [0.25, 0.3) is 0 Å². The van der Waals surface area contributed by atoms with Crippen LogP contribution in [0.3, 0.4) is 0 Å². The van der Waals surface area contributed by atoms with Crippen LogP contribution in [0.15, 0.2) is 29.3 Å². The molecule has 2 unspecified atom stereocenters. The van der Waals surface area contributed by atoms with Gasteiger partial charge in [-0.1, -0.05) is 18.2 Å². The lowest BCUT2D eigenvalue weighted by molar-refractivity contribution is 0.220. The molecule has 0 amide bonds. The van der Waals surface area contributed by atoms with E-state index in [9.17, 15) is 4.39 Å². The lowest BCUT2D eigenvalue weighted by Gasteiger charge is -2.08. The minimum Gasteiger partial charge on any atom is -0.474 e. The molecule has 2 aliphatic rings. The smallest absolute Gasteiger partial charge is 0.188 e. The molecule has 0 aliphatic carbocycles. The molecule has 1 aromatic rings. The zero-order valence-electron chi connectivity index (χ0n) is 8.82. The molecule has 4 heteroatoms. The first kappa shape index (κ1) is 9.78. The number of rotatable bonds is 2. The Morgan fingerprint density at radius 2 is 2.25 bits per heavy atom. The number of aliphatic imine (C=N–C) groups is 1. The summed E-state index contributed by atoms with van der Waals surface area (Å²) in [5.74, 6) is 0.477. The Morgan fingerprint density at radius 3 is 3.06 bits per heavy atom. The summed E-state index contributed by atoms with van der Waals surface area (Å²) in [7, 11) is 0. The summed E-state index contributed by atoms with van der Waals surface area (Å²) >= 11 is 0. The van der Waals surface area contributed by atoms with Crippen LogP contribution in [-0.2, 0) is 11.2 Å². The molecule has 0 aromatic heterocycles. The fourth-order valence-electron chi connectivity index (χ4n) is 2.17. The third-order valence-corrected chi connectivity index (χ3v) is 3.02. The van der Waals surface area contributed by atoms with Gasteiger partial charge in [-0.3, -0.25) is 0 Å². The zero-order valence-corrected chi connectivity index (χ0v) is 8.82. The van der Waals surface area contributed by atoms with E-state index in [2.05, 4.69) is 10.3 Å². The summed E-state index contributed by atoms with van der Waals surface area (Å²) < 4.78 is 19.1. The first-order valence-electron chi connectivity index (χ1n) is 5.50. The second-order valence-electron chi connectivity index (χ2n) is 4.17. The van der Waals surface area contributed by atoms with Crippen molar-refractivity contribution < 1.29 is 9.13 Å². The average Bonchev–Trinajstić information content (AvgIpc) is 2.81. The molecule has 2 heterocycles. The van der Waals surface area contributed by atoms with E-state index in [0.717, 1.165) is 13.1 Å². The minimum absolute atomic E-state index is 0.154. The highest BCUT2D eigenvalue weighted by Gasteiger charge is 2.34. The van der Waals surface area contributed by atoms with Crippen LogP contribution in [0, 0.1) is 5.82 Å².